The zero-order valence-corrected chi connectivity index (χ0v) is 12.5. The van der Waals surface area contributed by atoms with Gasteiger partial charge in [-0.2, -0.15) is 0 Å². The molecule has 1 amide bonds. The minimum atomic E-state index is -0.581. The predicted molar refractivity (Wildman–Crippen MR) is 80.3 cm³/mol. The molecule has 0 spiro atoms. The monoisotopic (exact) mass is 316 g/mol. The number of benzene rings is 1. The minimum absolute atomic E-state index is 0.110. The van der Waals surface area contributed by atoms with Gasteiger partial charge in [0.2, 0.25) is 5.91 Å². The van der Waals surface area contributed by atoms with Crippen molar-refractivity contribution in [1.29, 1.82) is 0 Å². The Hall–Kier alpha value is -1.52. The van der Waals surface area contributed by atoms with Gasteiger partial charge in [-0.15, -0.1) is 0 Å². The average Bonchev–Trinajstić information content (AvgIpc) is 2.39. The van der Waals surface area contributed by atoms with E-state index in [-0.39, 0.29) is 28.1 Å². The molecule has 0 heterocycles. The SMILES string of the molecule is C=CC(=O)NCC(NC(=C)C)c1c(F)ccc(Cl)c1Cl. The van der Waals surface area contributed by atoms with Crippen molar-refractivity contribution in [2.24, 2.45) is 0 Å². The summed E-state index contributed by atoms with van der Waals surface area (Å²) in [6, 6.07) is 2.03. The van der Waals surface area contributed by atoms with Gasteiger partial charge in [-0.25, -0.2) is 4.39 Å². The summed E-state index contributed by atoms with van der Waals surface area (Å²) < 4.78 is 14.0. The van der Waals surface area contributed by atoms with Crippen LogP contribution in [0.3, 0.4) is 0 Å². The topological polar surface area (TPSA) is 41.1 Å². The van der Waals surface area contributed by atoms with Crippen molar-refractivity contribution < 1.29 is 9.18 Å². The first-order valence-electron chi connectivity index (χ1n) is 5.82. The van der Waals surface area contributed by atoms with E-state index in [9.17, 15) is 9.18 Å². The number of halogens is 3. The smallest absolute Gasteiger partial charge is 0.243 e. The molecule has 0 saturated carbocycles. The van der Waals surface area contributed by atoms with Crippen LogP contribution in [0.15, 0.2) is 37.1 Å². The number of rotatable bonds is 6. The first kappa shape index (κ1) is 16.5. The summed E-state index contributed by atoms with van der Waals surface area (Å²) in [6.07, 6.45) is 1.13. The van der Waals surface area contributed by atoms with Gasteiger partial charge in [-0.05, 0) is 25.1 Å². The second kappa shape index (κ2) is 7.31. The molecule has 6 heteroatoms. The Morgan fingerprint density at radius 2 is 2.15 bits per heavy atom. The number of carbonyl (C=O) groups excluding carboxylic acids is 1. The fourth-order valence-electron chi connectivity index (χ4n) is 1.66. The minimum Gasteiger partial charge on any atom is -0.380 e. The first-order valence-corrected chi connectivity index (χ1v) is 6.58. The van der Waals surface area contributed by atoms with Gasteiger partial charge in [0.1, 0.15) is 5.82 Å². The van der Waals surface area contributed by atoms with Crippen LogP contribution in [0.25, 0.3) is 0 Å². The van der Waals surface area contributed by atoms with Crippen LogP contribution in [-0.4, -0.2) is 12.5 Å². The third kappa shape index (κ3) is 4.25. The maximum Gasteiger partial charge on any atom is 0.243 e. The van der Waals surface area contributed by atoms with Gasteiger partial charge in [0, 0.05) is 17.8 Å². The Bertz CT molecular complexity index is 546. The molecule has 0 aliphatic heterocycles. The van der Waals surface area contributed by atoms with Gasteiger partial charge >= 0.3 is 0 Å². The molecular weight excluding hydrogens is 302 g/mol. The predicted octanol–water partition coefficient (Wildman–Crippen LogP) is 3.60. The van der Waals surface area contributed by atoms with Crippen LogP contribution in [0.5, 0.6) is 0 Å². The van der Waals surface area contributed by atoms with Crippen molar-refractivity contribution in [3.05, 3.63) is 58.5 Å². The molecule has 0 radical (unpaired) electrons. The standard InChI is InChI=1S/C14H15Cl2FN2O/c1-4-12(20)18-7-11(19-8(2)3)13-10(17)6-5-9(15)14(13)16/h4-6,11,19H,1-2,7H2,3H3,(H,18,20). The summed E-state index contributed by atoms with van der Waals surface area (Å²) in [6.45, 7) is 8.90. The van der Waals surface area contributed by atoms with Crippen molar-refractivity contribution in [3.8, 4) is 0 Å². The van der Waals surface area contributed by atoms with Crippen molar-refractivity contribution in [3.63, 3.8) is 0 Å². The third-order valence-electron chi connectivity index (χ3n) is 2.51. The van der Waals surface area contributed by atoms with Crippen LogP contribution < -0.4 is 10.6 Å². The van der Waals surface area contributed by atoms with Crippen LogP contribution in [0.1, 0.15) is 18.5 Å². The van der Waals surface area contributed by atoms with Gasteiger partial charge in [-0.3, -0.25) is 4.79 Å². The highest BCUT2D eigenvalue weighted by Gasteiger charge is 2.21. The summed E-state index contributed by atoms with van der Waals surface area (Å²) in [4.78, 5) is 11.2. The van der Waals surface area contributed by atoms with Gasteiger partial charge in [-0.1, -0.05) is 36.4 Å². The lowest BCUT2D eigenvalue weighted by molar-refractivity contribution is -0.116. The molecule has 2 N–H and O–H groups in total. The molecular formula is C14H15Cl2FN2O. The number of carbonyl (C=O) groups is 1. The van der Waals surface area contributed by atoms with E-state index in [1.54, 1.807) is 6.92 Å². The summed E-state index contributed by atoms with van der Waals surface area (Å²) in [7, 11) is 0. The summed E-state index contributed by atoms with van der Waals surface area (Å²) in [5.41, 5.74) is 0.796. The lowest BCUT2D eigenvalue weighted by Crippen LogP contribution is -2.34. The van der Waals surface area contributed by atoms with E-state index in [0.29, 0.717) is 5.70 Å². The highest BCUT2D eigenvalue weighted by Crippen LogP contribution is 2.32. The van der Waals surface area contributed by atoms with E-state index >= 15 is 0 Å². The molecule has 1 rings (SSSR count). The Morgan fingerprint density at radius 3 is 2.70 bits per heavy atom. The lowest BCUT2D eigenvalue weighted by atomic mass is 10.1. The molecule has 1 aromatic rings. The molecule has 0 fully saturated rings. The molecule has 1 aromatic carbocycles. The van der Waals surface area contributed by atoms with E-state index in [1.807, 2.05) is 0 Å². The average molecular weight is 317 g/mol. The zero-order valence-electron chi connectivity index (χ0n) is 11.0. The van der Waals surface area contributed by atoms with Crippen molar-refractivity contribution >= 4 is 29.1 Å². The van der Waals surface area contributed by atoms with Crippen molar-refractivity contribution in [2.45, 2.75) is 13.0 Å². The molecule has 0 aromatic heterocycles. The van der Waals surface area contributed by atoms with E-state index < -0.39 is 11.9 Å². The Kier molecular flexibility index (Phi) is 6.05. The van der Waals surface area contributed by atoms with E-state index in [1.165, 1.54) is 12.1 Å². The third-order valence-corrected chi connectivity index (χ3v) is 3.33. The largest absolute Gasteiger partial charge is 0.380 e. The first-order chi connectivity index (χ1) is 9.36. The number of hydrogen-bond donors (Lipinski definition) is 2. The van der Waals surface area contributed by atoms with Crippen LogP contribution in [0.4, 0.5) is 4.39 Å². The van der Waals surface area contributed by atoms with Gasteiger partial charge in [0.15, 0.2) is 0 Å². The molecule has 20 heavy (non-hydrogen) atoms. The Morgan fingerprint density at radius 1 is 1.50 bits per heavy atom. The fraction of sp³-hybridized carbons (Fsp3) is 0.214. The molecule has 1 atom stereocenters. The Labute approximate surface area is 127 Å². The molecule has 3 nitrogen and oxygen atoms in total. The summed E-state index contributed by atoms with van der Waals surface area (Å²) in [5, 5.41) is 5.89. The van der Waals surface area contributed by atoms with Crippen molar-refractivity contribution in [2.75, 3.05) is 6.54 Å². The molecule has 1 unspecified atom stereocenters. The van der Waals surface area contributed by atoms with Crippen LogP contribution in [0.2, 0.25) is 10.0 Å². The van der Waals surface area contributed by atoms with Gasteiger partial charge in [0.05, 0.1) is 16.1 Å². The lowest BCUT2D eigenvalue weighted by Gasteiger charge is -2.22. The highest BCUT2D eigenvalue weighted by molar-refractivity contribution is 6.42. The zero-order chi connectivity index (χ0) is 15.3. The normalized spacial score (nSPS) is 11.6. The molecule has 0 bridgehead atoms. The van der Waals surface area contributed by atoms with E-state index in [2.05, 4.69) is 23.8 Å². The number of nitrogens with one attached hydrogen (secondary N) is 2. The van der Waals surface area contributed by atoms with E-state index in [4.69, 9.17) is 23.2 Å². The molecule has 0 aliphatic carbocycles. The molecule has 0 saturated heterocycles. The second-order valence-corrected chi connectivity index (χ2v) is 4.97. The van der Waals surface area contributed by atoms with Crippen LogP contribution in [-0.2, 0) is 4.79 Å². The van der Waals surface area contributed by atoms with Crippen molar-refractivity contribution in [1.82, 2.24) is 10.6 Å². The number of hydrogen-bond acceptors (Lipinski definition) is 2. The van der Waals surface area contributed by atoms with Crippen LogP contribution in [0, 0.1) is 5.82 Å². The van der Waals surface area contributed by atoms with E-state index in [0.717, 1.165) is 6.08 Å². The van der Waals surface area contributed by atoms with Gasteiger partial charge in [0.25, 0.3) is 0 Å². The summed E-state index contributed by atoms with van der Waals surface area (Å²) in [5.74, 6) is -0.872. The number of allylic oxidation sites excluding steroid dienone is 1. The molecule has 0 aliphatic rings. The second-order valence-electron chi connectivity index (χ2n) is 4.18. The van der Waals surface area contributed by atoms with Gasteiger partial charge < -0.3 is 10.6 Å². The molecule has 108 valence electrons. The number of amides is 1. The maximum absolute atomic E-state index is 14.0. The maximum atomic E-state index is 14.0. The Balaban J connectivity index is 3.10. The van der Waals surface area contributed by atoms with Crippen LogP contribution >= 0.6 is 23.2 Å². The summed E-state index contributed by atoms with van der Waals surface area (Å²) >= 11 is 12.0. The quantitative estimate of drug-likeness (QED) is 0.622. The fourth-order valence-corrected chi connectivity index (χ4v) is 2.11. The highest BCUT2D eigenvalue weighted by atomic mass is 35.5.